The molecule has 3 aromatic heterocycles. The summed E-state index contributed by atoms with van der Waals surface area (Å²) in [5.74, 6) is 1.93. The Balaban J connectivity index is 1.17. The molecule has 0 aliphatic carbocycles. The Morgan fingerprint density at radius 1 is 0.396 bits per heavy atom. The lowest BCUT2D eigenvalue weighted by atomic mass is 9.75. The van der Waals surface area contributed by atoms with Crippen molar-refractivity contribution in [2.24, 2.45) is 0 Å². The molecule has 0 fully saturated rings. The molecular weight excluding hydrogens is 647 g/mol. The van der Waals surface area contributed by atoms with E-state index in [1.165, 1.54) is 49.4 Å². The number of hydrogen-bond donors (Lipinski definition) is 0. The van der Waals surface area contributed by atoms with Crippen LogP contribution in [0.3, 0.4) is 0 Å². The van der Waals surface area contributed by atoms with Crippen LogP contribution in [0.25, 0.3) is 89.2 Å². The quantitative estimate of drug-likeness (QED) is 0.186. The molecule has 0 saturated heterocycles. The van der Waals surface area contributed by atoms with Gasteiger partial charge in [-0.3, -0.25) is 0 Å². The molecule has 0 N–H and O–H groups in total. The smallest absolute Gasteiger partial charge is 0.164 e. The monoisotopic (exact) mass is 679 g/mol. The van der Waals surface area contributed by atoms with E-state index in [4.69, 9.17) is 15.0 Å². The minimum atomic E-state index is -0.113. The highest BCUT2D eigenvalue weighted by molar-refractivity contribution is 6.20. The molecule has 0 amide bonds. The van der Waals surface area contributed by atoms with Crippen LogP contribution in [-0.4, -0.2) is 24.1 Å². The molecule has 0 unspecified atom stereocenters. The Hall–Kier alpha value is -6.85. The molecule has 0 atom stereocenters. The Morgan fingerprint density at radius 2 is 0.943 bits per heavy atom. The van der Waals surface area contributed by atoms with E-state index in [0.717, 1.165) is 33.4 Å². The first-order chi connectivity index (χ1) is 26.0. The molecule has 0 radical (unpaired) electrons. The summed E-state index contributed by atoms with van der Waals surface area (Å²) in [5.41, 5.74) is 12.5. The number of hydrogen-bond acceptors (Lipinski definition) is 3. The summed E-state index contributed by atoms with van der Waals surface area (Å²) >= 11 is 0. The van der Waals surface area contributed by atoms with Crippen LogP contribution in [0, 0.1) is 0 Å². The standard InChI is InChI=1S/C48H33N5/c1-48(2)38-23-10-12-26-41(38)53-43-29-42-36(28-37(43)35-22-14-24-39(48)44(35)53)34-21-9-11-25-40(34)52(42)33-20-13-19-32(27-33)47-50-45(30-15-5-3-6-16-30)49-46(51-47)31-17-7-4-8-18-31/h3-29H,1-2H3. The maximum absolute atomic E-state index is 5.05. The maximum atomic E-state index is 5.05. The summed E-state index contributed by atoms with van der Waals surface area (Å²) < 4.78 is 4.90. The van der Waals surface area contributed by atoms with Crippen molar-refractivity contribution in [3.8, 4) is 45.5 Å². The van der Waals surface area contributed by atoms with Crippen molar-refractivity contribution >= 4 is 43.6 Å². The van der Waals surface area contributed by atoms with Crippen molar-refractivity contribution in [1.82, 2.24) is 24.1 Å². The highest BCUT2D eigenvalue weighted by atomic mass is 15.0. The average Bonchev–Trinajstić information content (AvgIpc) is 3.72. The number of fused-ring (bicyclic) bond motifs is 8. The van der Waals surface area contributed by atoms with E-state index in [1.54, 1.807) is 0 Å². The fourth-order valence-corrected chi connectivity index (χ4v) is 8.62. The molecule has 250 valence electrons. The lowest BCUT2D eigenvalue weighted by molar-refractivity contribution is 0.630. The first kappa shape index (κ1) is 29.8. The molecule has 11 rings (SSSR count). The summed E-state index contributed by atoms with van der Waals surface area (Å²) in [7, 11) is 0. The van der Waals surface area contributed by atoms with Gasteiger partial charge in [0.15, 0.2) is 17.5 Å². The van der Waals surface area contributed by atoms with Crippen LogP contribution in [0.5, 0.6) is 0 Å². The van der Waals surface area contributed by atoms with Gasteiger partial charge in [0.2, 0.25) is 0 Å². The Morgan fingerprint density at radius 3 is 1.70 bits per heavy atom. The number of para-hydroxylation sites is 3. The van der Waals surface area contributed by atoms with Crippen molar-refractivity contribution in [2.45, 2.75) is 19.3 Å². The van der Waals surface area contributed by atoms with Gasteiger partial charge in [-0.15, -0.1) is 0 Å². The Bertz CT molecular complexity index is 3020. The zero-order valence-electron chi connectivity index (χ0n) is 29.3. The second-order valence-electron chi connectivity index (χ2n) is 14.5. The maximum Gasteiger partial charge on any atom is 0.164 e. The fourth-order valence-electron chi connectivity index (χ4n) is 8.62. The van der Waals surface area contributed by atoms with Crippen LogP contribution in [0.1, 0.15) is 25.0 Å². The van der Waals surface area contributed by atoms with Gasteiger partial charge >= 0.3 is 0 Å². The molecule has 1 aliphatic heterocycles. The Kier molecular flexibility index (Phi) is 6.23. The summed E-state index contributed by atoms with van der Waals surface area (Å²) in [5, 5.41) is 5.01. The number of nitrogens with zero attached hydrogens (tertiary/aromatic N) is 5. The van der Waals surface area contributed by atoms with Gasteiger partial charge in [-0.25, -0.2) is 15.0 Å². The molecule has 53 heavy (non-hydrogen) atoms. The molecule has 0 spiro atoms. The Labute approximate surface area is 306 Å². The molecule has 10 aromatic rings. The van der Waals surface area contributed by atoms with Crippen molar-refractivity contribution < 1.29 is 0 Å². The zero-order valence-corrected chi connectivity index (χ0v) is 29.3. The number of benzene rings is 7. The summed E-state index contributed by atoms with van der Waals surface area (Å²) in [6.07, 6.45) is 0. The van der Waals surface area contributed by atoms with Gasteiger partial charge in [-0.05, 0) is 47.5 Å². The topological polar surface area (TPSA) is 48.5 Å². The third kappa shape index (κ3) is 4.34. The van der Waals surface area contributed by atoms with Gasteiger partial charge in [0, 0.05) is 49.3 Å². The number of aromatic nitrogens is 5. The first-order valence-corrected chi connectivity index (χ1v) is 18.1. The average molecular weight is 680 g/mol. The zero-order chi connectivity index (χ0) is 35.3. The van der Waals surface area contributed by atoms with Gasteiger partial charge in [0.1, 0.15) is 0 Å². The predicted octanol–water partition coefficient (Wildman–Crippen LogP) is 11.7. The molecule has 4 heterocycles. The second-order valence-corrected chi connectivity index (χ2v) is 14.5. The third-order valence-corrected chi connectivity index (χ3v) is 11.1. The highest BCUT2D eigenvalue weighted by Gasteiger charge is 2.35. The van der Waals surface area contributed by atoms with E-state index in [2.05, 4.69) is 126 Å². The summed E-state index contributed by atoms with van der Waals surface area (Å²) in [6.45, 7) is 4.70. The molecule has 5 heteroatoms. The van der Waals surface area contributed by atoms with Gasteiger partial charge in [-0.2, -0.15) is 0 Å². The minimum absolute atomic E-state index is 0.113. The van der Waals surface area contributed by atoms with Crippen molar-refractivity contribution in [3.63, 3.8) is 0 Å². The molecule has 1 aliphatic rings. The summed E-state index contributed by atoms with van der Waals surface area (Å²) in [6, 6.07) is 58.1. The van der Waals surface area contributed by atoms with E-state index in [1.807, 2.05) is 60.7 Å². The second kappa shape index (κ2) is 11.1. The fraction of sp³-hybridized carbons (Fsp3) is 0.0625. The van der Waals surface area contributed by atoms with Crippen LogP contribution < -0.4 is 0 Å². The normalized spacial score (nSPS) is 13.2. The van der Waals surface area contributed by atoms with E-state index >= 15 is 0 Å². The van der Waals surface area contributed by atoms with Gasteiger partial charge in [-0.1, -0.05) is 141 Å². The number of rotatable bonds is 4. The van der Waals surface area contributed by atoms with Crippen LogP contribution in [0.4, 0.5) is 0 Å². The van der Waals surface area contributed by atoms with Gasteiger partial charge in [0.25, 0.3) is 0 Å². The molecule has 5 nitrogen and oxygen atoms in total. The molecular formula is C48H33N5. The van der Waals surface area contributed by atoms with Gasteiger partial charge in [0.05, 0.1) is 27.8 Å². The van der Waals surface area contributed by atoms with Gasteiger partial charge < -0.3 is 9.13 Å². The largest absolute Gasteiger partial charge is 0.309 e. The van der Waals surface area contributed by atoms with E-state index < -0.39 is 0 Å². The van der Waals surface area contributed by atoms with Crippen LogP contribution in [0.15, 0.2) is 164 Å². The lowest BCUT2D eigenvalue weighted by Gasteiger charge is -2.34. The van der Waals surface area contributed by atoms with E-state index in [0.29, 0.717) is 17.5 Å². The lowest BCUT2D eigenvalue weighted by Crippen LogP contribution is -2.26. The minimum Gasteiger partial charge on any atom is -0.309 e. The predicted molar refractivity (Wildman–Crippen MR) is 217 cm³/mol. The molecule has 0 bridgehead atoms. The highest BCUT2D eigenvalue weighted by Crippen LogP contribution is 2.48. The third-order valence-electron chi connectivity index (χ3n) is 11.1. The van der Waals surface area contributed by atoms with Crippen LogP contribution in [0.2, 0.25) is 0 Å². The summed E-state index contributed by atoms with van der Waals surface area (Å²) in [4.78, 5) is 15.0. The van der Waals surface area contributed by atoms with Crippen molar-refractivity contribution in [2.75, 3.05) is 0 Å². The van der Waals surface area contributed by atoms with Crippen LogP contribution in [-0.2, 0) is 5.41 Å². The van der Waals surface area contributed by atoms with Crippen molar-refractivity contribution in [1.29, 1.82) is 0 Å². The van der Waals surface area contributed by atoms with Crippen LogP contribution >= 0.6 is 0 Å². The SMILES string of the molecule is CC1(C)c2ccccc2-n2c3cc4c(cc3c3cccc1c32)c1ccccc1n4-c1cccc(-c2nc(-c3ccccc3)nc(-c3ccccc3)n2)c1. The van der Waals surface area contributed by atoms with Crippen molar-refractivity contribution in [3.05, 3.63) is 175 Å². The molecule has 0 saturated carbocycles. The molecule has 7 aromatic carbocycles. The van der Waals surface area contributed by atoms with E-state index in [9.17, 15) is 0 Å². The van der Waals surface area contributed by atoms with E-state index in [-0.39, 0.29) is 5.41 Å². The first-order valence-electron chi connectivity index (χ1n) is 18.1.